The number of carbonyl (C=O) groups excluding carboxylic acids is 2. The van der Waals surface area contributed by atoms with Gasteiger partial charge in [-0.05, 0) is 36.4 Å². The van der Waals surface area contributed by atoms with E-state index in [0.717, 1.165) is 12.1 Å². The molecule has 144 valence electrons. The summed E-state index contributed by atoms with van der Waals surface area (Å²) in [6.07, 6.45) is -3.50. The summed E-state index contributed by atoms with van der Waals surface area (Å²) in [4.78, 5) is 27.2. The number of amides is 2. The molecule has 27 heavy (non-hydrogen) atoms. The minimum Gasteiger partial charge on any atom is -0.406 e. The van der Waals surface area contributed by atoms with E-state index in [-0.39, 0.29) is 24.0 Å². The van der Waals surface area contributed by atoms with Crippen LogP contribution in [0.15, 0.2) is 41.8 Å². The van der Waals surface area contributed by atoms with Gasteiger partial charge >= 0.3 is 6.36 Å². The summed E-state index contributed by atoms with van der Waals surface area (Å²) >= 11 is 1.35. The van der Waals surface area contributed by atoms with Crippen molar-refractivity contribution in [2.45, 2.75) is 19.2 Å². The van der Waals surface area contributed by atoms with Crippen LogP contribution in [-0.2, 0) is 4.79 Å². The second kappa shape index (κ2) is 7.99. The van der Waals surface area contributed by atoms with Gasteiger partial charge < -0.3 is 15.0 Å². The fourth-order valence-electron chi connectivity index (χ4n) is 2.95. The zero-order valence-corrected chi connectivity index (χ0v) is 15.0. The predicted molar refractivity (Wildman–Crippen MR) is 94.7 cm³/mol. The number of piperidine rings is 1. The van der Waals surface area contributed by atoms with E-state index in [1.54, 1.807) is 17.0 Å². The molecule has 1 fully saturated rings. The van der Waals surface area contributed by atoms with Crippen LogP contribution in [-0.4, -0.2) is 36.2 Å². The number of carbonyl (C=O) groups is 2. The summed E-state index contributed by atoms with van der Waals surface area (Å²) < 4.78 is 40.8. The van der Waals surface area contributed by atoms with Crippen molar-refractivity contribution >= 4 is 28.8 Å². The number of benzene rings is 1. The molecule has 0 spiro atoms. The number of anilines is 1. The first-order valence-electron chi connectivity index (χ1n) is 8.31. The summed E-state index contributed by atoms with van der Waals surface area (Å²) in [6, 6.07) is 8.65. The normalized spacial score (nSPS) is 17.4. The first kappa shape index (κ1) is 19.2. The van der Waals surface area contributed by atoms with E-state index in [4.69, 9.17) is 0 Å². The molecule has 0 unspecified atom stereocenters. The Labute approximate surface area is 157 Å². The Kier molecular flexibility index (Phi) is 5.69. The number of likely N-dealkylation sites (tertiary alicyclic amines) is 1. The lowest BCUT2D eigenvalue weighted by molar-refractivity contribution is -0.274. The zero-order valence-electron chi connectivity index (χ0n) is 14.2. The number of rotatable bonds is 4. The zero-order chi connectivity index (χ0) is 19.4. The van der Waals surface area contributed by atoms with E-state index < -0.39 is 18.0 Å². The van der Waals surface area contributed by atoms with Gasteiger partial charge in [-0.2, -0.15) is 0 Å². The summed E-state index contributed by atoms with van der Waals surface area (Å²) in [5.41, 5.74) is 0.212. The molecule has 0 radical (unpaired) electrons. The van der Waals surface area contributed by atoms with E-state index in [1.165, 1.54) is 23.5 Å². The van der Waals surface area contributed by atoms with Crippen LogP contribution in [0.5, 0.6) is 5.75 Å². The Morgan fingerprint density at radius 2 is 2.04 bits per heavy atom. The van der Waals surface area contributed by atoms with Gasteiger partial charge in [0.15, 0.2) is 0 Å². The van der Waals surface area contributed by atoms with Crippen LogP contribution in [0.25, 0.3) is 0 Å². The van der Waals surface area contributed by atoms with Gasteiger partial charge in [0.2, 0.25) is 5.91 Å². The van der Waals surface area contributed by atoms with Gasteiger partial charge in [0.05, 0.1) is 10.8 Å². The van der Waals surface area contributed by atoms with Crippen molar-refractivity contribution in [3.63, 3.8) is 0 Å². The Balaban J connectivity index is 1.62. The molecule has 1 atom stereocenters. The van der Waals surface area contributed by atoms with E-state index in [0.29, 0.717) is 24.3 Å². The second-order valence-electron chi connectivity index (χ2n) is 6.13. The second-order valence-corrected chi connectivity index (χ2v) is 7.08. The van der Waals surface area contributed by atoms with Crippen molar-refractivity contribution in [2.75, 3.05) is 18.4 Å². The first-order valence-corrected chi connectivity index (χ1v) is 9.19. The van der Waals surface area contributed by atoms with Crippen LogP contribution >= 0.6 is 11.3 Å². The van der Waals surface area contributed by atoms with Gasteiger partial charge in [0, 0.05) is 24.8 Å². The molecule has 1 aromatic heterocycles. The van der Waals surface area contributed by atoms with Gasteiger partial charge in [0.1, 0.15) is 5.75 Å². The number of ether oxygens (including phenoxy) is 1. The Morgan fingerprint density at radius 1 is 1.22 bits per heavy atom. The average Bonchev–Trinajstić information content (AvgIpc) is 3.14. The Bertz CT molecular complexity index is 808. The van der Waals surface area contributed by atoms with Gasteiger partial charge in [0.25, 0.3) is 5.91 Å². The van der Waals surface area contributed by atoms with Gasteiger partial charge in [-0.25, -0.2) is 0 Å². The van der Waals surface area contributed by atoms with Crippen molar-refractivity contribution in [3.8, 4) is 5.75 Å². The third kappa shape index (κ3) is 5.22. The molecule has 3 rings (SSSR count). The number of alkyl halides is 3. The smallest absolute Gasteiger partial charge is 0.406 e. The van der Waals surface area contributed by atoms with E-state index >= 15 is 0 Å². The van der Waals surface area contributed by atoms with Crippen LogP contribution < -0.4 is 10.1 Å². The lowest BCUT2D eigenvalue weighted by atomic mass is 9.97. The number of nitrogens with zero attached hydrogens (tertiary/aromatic N) is 1. The number of hydrogen-bond acceptors (Lipinski definition) is 4. The molecule has 1 aliphatic rings. The Hall–Kier alpha value is -2.55. The van der Waals surface area contributed by atoms with Gasteiger partial charge in [-0.15, -0.1) is 24.5 Å². The number of halogens is 3. The summed E-state index contributed by atoms with van der Waals surface area (Å²) in [6.45, 7) is 0.858. The average molecular weight is 398 g/mol. The molecule has 5 nitrogen and oxygen atoms in total. The molecule has 2 amide bonds. The minimum absolute atomic E-state index is 0.108. The van der Waals surface area contributed by atoms with Crippen molar-refractivity contribution in [1.29, 1.82) is 0 Å². The lowest BCUT2D eigenvalue weighted by Crippen LogP contribution is -2.43. The third-order valence-corrected chi connectivity index (χ3v) is 5.00. The number of thiophene rings is 1. The quantitative estimate of drug-likeness (QED) is 0.842. The molecule has 2 heterocycles. The Morgan fingerprint density at radius 3 is 2.74 bits per heavy atom. The van der Waals surface area contributed by atoms with E-state index in [1.807, 2.05) is 5.38 Å². The highest BCUT2D eigenvalue weighted by Gasteiger charge is 2.32. The third-order valence-electron chi connectivity index (χ3n) is 4.15. The fourth-order valence-corrected chi connectivity index (χ4v) is 3.64. The van der Waals surface area contributed by atoms with Crippen LogP contribution in [0.4, 0.5) is 18.9 Å². The van der Waals surface area contributed by atoms with Crippen LogP contribution in [0.3, 0.4) is 0 Å². The largest absolute Gasteiger partial charge is 0.573 e. The highest BCUT2D eigenvalue weighted by molar-refractivity contribution is 7.12. The van der Waals surface area contributed by atoms with Crippen molar-refractivity contribution < 1.29 is 27.5 Å². The molecule has 0 aliphatic carbocycles. The predicted octanol–water partition coefficient (Wildman–Crippen LogP) is 4.14. The molecule has 0 bridgehead atoms. The van der Waals surface area contributed by atoms with Crippen molar-refractivity contribution in [1.82, 2.24) is 4.90 Å². The number of hydrogen-bond donors (Lipinski definition) is 1. The van der Waals surface area contributed by atoms with Gasteiger partial charge in [-0.3, -0.25) is 9.59 Å². The fraction of sp³-hybridized carbons (Fsp3) is 0.333. The van der Waals surface area contributed by atoms with E-state index in [9.17, 15) is 22.8 Å². The monoisotopic (exact) mass is 398 g/mol. The molecule has 0 saturated carbocycles. The van der Waals surface area contributed by atoms with Crippen LogP contribution in [0.2, 0.25) is 0 Å². The highest BCUT2D eigenvalue weighted by Crippen LogP contribution is 2.26. The number of nitrogens with one attached hydrogen (secondary N) is 1. The maximum absolute atomic E-state index is 12.5. The molecular weight excluding hydrogens is 381 g/mol. The van der Waals surface area contributed by atoms with Gasteiger partial charge in [-0.1, -0.05) is 12.1 Å². The minimum atomic E-state index is -4.80. The molecule has 9 heteroatoms. The maximum Gasteiger partial charge on any atom is 0.573 e. The van der Waals surface area contributed by atoms with Crippen LogP contribution in [0.1, 0.15) is 22.5 Å². The van der Waals surface area contributed by atoms with Crippen molar-refractivity contribution in [2.24, 2.45) is 5.92 Å². The highest BCUT2D eigenvalue weighted by atomic mass is 32.1. The standard InChI is InChI=1S/C18H17F3N2O3S/c19-18(20,21)26-14-6-1-5-13(10-14)22-16(24)12-4-2-8-23(11-12)17(25)15-7-3-9-27-15/h1,3,5-7,9-10,12H,2,4,8,11H2,(H,22,24)/t12-/m1/s1. The van der Waals surface area contributed by atoms with E-state index in [2.05, 4.69) is 10.1 Å². The lowest BCUT2D eigenvalue weighted by Gasteiger charge is -2.31. The molecule has 1 saturated heterocycles. The maximum atomic E-state index is 12.5. The molecule has 1 aliphatic heterocycles. The SMILES string of the molecule is O=C(Nc1cccc(OC(F)(F)F)c1)[C@@H]1CCCN(C(=O)c2cccs2)C1. The van der Waals surface area contributed by atoms with Crippen molar-refractivity contribution in [3.05, 3.63) is 46.7 Å². The summed E-state index contributed by atoms with van der Waals surface area (Å²) in [7, 11) is 0. The molecule has 2 aromatic rings. The molecule has 1 aromatic carbocycles. The topological polar surface area (TPSA) is 58.6 Å². The summed E-state index contributed by atoms with van der Waals surface area (Å²) in [5.74, 6) is -1.26. The molecule has 1 N–H and O–H groups in total. The summed E-state index contributed by atoms with van der Waals surface area (Å²) in [5, 5.41) is 4.43. The van der Waals surface area contributed by atoms with Crippen LogP contribution in [0, 0.1) is 5.92 Å². The first-order chi connectivity index (χ1) is 12.8. The molecular formula is C18H17F3N2O3S.